The molecule has 3 rings (SSSR count). The number of carbonyl (C=O) groups is 1. The number of aryl methyl sites for hydroxylation is 1. The molecule has 0 radical (unpaired) electrons. The predicted octanol–water partition coefficient (Wildman–Crippen LogP) is 4.03. The minimum atomic E-state index is -3.40. The molecule has 7 heteroatoms. The fraction of sp³-hybridized carbons (Fsp3) is 0.450. The first kappa shape index (κ1) is 20.0. The van der Waals surface area contributed by atoms with Crippen molar-refractivity contribution in [3.8, 4) is 0 Å². The smallest absolute Gasteiger partial charge is 0.250 e. The Balaban J connectivity index is 1.46. The third-order valence-corrected chi connectivity index (χ3v) is 7.96. The molecule has 146 valence electrons. The van der Waals surface area contributed by atoms with Crippen molar-refractivity contribution in [1.29, 1.82) is 0 Å². The number of nitrogens with one attached hydrogen (secondary N) is 2. The van der Waals surface area contributed by atoms with Crippen LogP contribution in [-0.2, 0) is 21.2 Å². The zero-order valence-electron chi connectivity index (χ0n) is 15.5. The van der Waals surface area contributed by atoms with Gasteiger partial charge in [0.1, 0.15) is 4.21 Å². The molecule has 0 bridgehead atoms. The van der Waals surface area contributed by atoms with Crippen molar-refractivity contribution < 1.29 is 13.2 Å². The van der Waals surface area contributed by atoms with Gasteiger partial charge in [0.15, 0.2) is 0 Å². The molecule has 1 aromatic heterocycles. The van der Waals surface area contributed by atoms with E-state index in [9.17, 15) is 13.2 Å². The van der Waals surface area contributed by atoms with Crippen molar-refractivity contribution in [1.82, 2.24) is 4.72 Å². The van der Waals surface area contributed by atoms with Crippen LogP contribution in [0.4, 0.5) is 5.69 Å². The third kappa shape index (κ3) is 5.40. The second-order valence-corrected chi connectivity index (χ2v) is 9.99. The molecule has 0 unspecified atom stereocenters. The molecule has 0 atom stereocenters. The predicted molar refractivity (Wildman–Crippen MR) is 109 cm³/mol. The van der Waals surface area contributed by atoms with Gasteiger partial charge in [-0.15, -0.1) is 11.3 Å². The normalized spacial score (nSPS) is 20.3. The molecular weight excluding hydrogens is 380 g/mol. The van der Waals surface area contributed by atoms with Crippen molar-refractivity contribution >= 4 is 33.0 Å². The Morgan fingerprint density at radius 2 is 1.93 bits per heavy atom. The van der Waals surface area contributed by atoms with Gasteiger partial charge < -0.3 is 5.32 Å². The SMILES string of the molecule is CCc1cccc(NC(=O)C2CCC(CNS(=O)(=O)c3cccs3)CC2)c1. The van der Waals surface area contributed by atoms with Gasteiger partial charge in [-0.3, -0.25) is 4.79 Å². The lowest BCUT2D eigenvalue weighted by molar-refractivity contribution is -0.121. The van der Waals surface area contributed by atoms with Crippen LogP contribution in [0.5, 0.6) is 0 Å². The summed E-state index contributed by atoms with van der Waals surface area (Å²) in [5.74, 6) is 0.355. The molecule has 1 fully saturated rings. The number of sulfonamides is 1. The Morgan fingerprint density at radius 3 is 2.59 bits per heavy atom. The lowest BCUT2D eigenvalue weighted by atomic mass is 9.81. The fourth-order valence-electron chi connectivity index (χ4n) is 3.46. The van der Waals surface area contributed by atoms with E-state index in [0.717, 1.165) is 37.8 Å². The van der Waals surface area contributed by atoms with E-state index in [1.54, 1.807) is 17.5 Å². The van der Waals surface area contributed by atoms with Crippen LogP contribution < -0.4 is 10.0 Å². The fourth-order valence-corrected chi connectivity index (χ4v) is 5.61. The van der Waals surface area contributed by atoms with Crippen LogP contribution >= 0.6 is 11.3 Å². The number of rotatable bonds is 7. The Bertz CT molecular complexity index is 855. The van der Waals surface area contributed by atoms with Crippen LogP contribution in [0.1, 0.15) is 38.2 Å². The van der Waals surface area contributed by atoms with E-state index in [4.69, 9.17) is 0 Å². The molecule has 1 aliphatic carbocycles. The van der Waals surface area contributed by atoms with Crippen LogP contribution in [0.3, 0.4) is 0 Å². The molecule has 2 N–H and O–H groups in total. The minimum Gasteiger partial charge on any atom is -0.326 e. The van der Waals surface area contributed by atoms with E-state index in [1.165, 1.54) is 16.9 Å². The molecule has 2 aromatic rings. The topological polar surface area (TPSA) is 75.3 Å². The zero-order valence-corrected chi connectivity index (χ0v) is 17.1. The summed E-state index contributed by atoms with van der Waals surface area (Å²) >= 11 is 1.22. The lowest BCUT2D eigenvalue weighted by Crippen LogP contribution is -2.33. The van der Waals surface area contributed by atoms with Gasteiger partial charge in [-0.1, -0.05) is 25.1 Å². The van der Waals surface area contributed by atoms with Crippen molar-refractivity contribution in [2.45, 2.75) is 43.2 Å². The Kier molecular flexibility index (Phi) is 6.68. The van der Waals surface area contributed by atoms with Gasteiger partial charge in [0.25, 0.3) is 0 Å². The first-order valence-electron chi connectivity index (χ1n) is 9.41. The number of amides is 1. The summed E-state index contributed by atoms with van der Waals surface area (Å²) in [5.41, 5.74) is 2.06. The summed E-state index contributed by atoms with van der Waals surface area (Å²) in [7, 11) is -3.40. The first-order chi connectivity index (χ1) is 13.0. The number of benzene rings is 1. The first-order valence-corrected chi connectivity index (χ1v) is 11.8. The van der Waals surface area contributed by atoms with Gasteiger partial charge in [0, 0.05) is 18.2 Å². The summed E-state index contributed by atoms with van der Waals surface area (Å²) in [4.78, 5) is 12.5. The van der Waals surface area contributed by atoms with Gasteiger partial charge in [0.2, 0.25) is 15.9 Å². The molecule has 0 aliphatic heterocycles. The number of anilines is 1. The standard InChI is InChI=1S/C20H26N2O3S2/c1-2-15-5-3-6-18(13-15)22-20(23)17-10-8-16(9-11-17)14-21-27(24,25)19-7-4-12-26-19/h3-7,12-13,16-17,21H,2,8-11,14H2,1H3,(H,22,23). The Morgan fingerprint density at radius 1 is 1.15 bits per heavy atom. The van der Waals surface area contributed by atoms with E-state index < -0.39 is 10.0 Å². The van der Waals surface area contributed by atoms with Crippen molar-refractivity contribution in [3.63, 3.8) is 0 Å². The van der Waals surface area contributed by atoms with E-state index in [0.29, 0.717) is 10.8 Å². The highest BCUT2D eigenvalue weighted by Crippen LogP contribution is 2.30. The summed E-state index contributed by atoms with van der Waals surface area (Å²) in [5, 5.41) is 4.79. The molecule has 1 heterocycles. The van der Waals surface area contributed by atoms with Crippen LogP contribution in [0.15, 0.2) is 46.0 Å². The highest BCUT2D eigenvalue weighted by molar-refractivity contribution is 7.91. The van der Waals surface area contributed by atoms with E-state index >= 15 is 0 Å². The van der Waals surface area contributed by atoms with Crippen molar-refractivity contribution in [2.75, 3.05) is 11.9 Å². The van der Waals surface area contributed by atoms with Crippen LogP contribution in [0.2, 0.25) is 0 Å². The van der Waals surface area contributed by atoms with Gasteiger partial charge in [-0.2, -0.15) is 0 Å². The van der Waals surface area contributed by atoms with Crippen LogP contribution in [0.25, 0.3) is 0 Å². The quantitative estimate of drug-likeness (QED) is 0.729. The Hall–Kier alpha value is -1.70. The molecule has 0 spiro atoms. The van der Waals surface area contributed by atoms with Crippen molar-refractivity contribution in [2.24, 2.45) is 11.8 Å². The summed E-state index contributed by atoms with van der Waals surface area (Å²) in [6.45, 7) is 2.53. The van der Waals surface area contributed by atoms with E-state index in [2.05, 4.69) is 23.0 Å². The molecule has 1 amide bonds. The maximum atomic E-state index is 12.5. The molecule has 5 nitrogen and oxygen atoms in total. The van der Waals surface area contributed by atoms with Gasteiger partial charge in [-0.25, -0.2) is 13.1 Å². The summed E-state index contributed by atoms with van der Waals surface area (Å²) in [6.07, 6.45) is 4.26. The summed E-state index contributed by atoms with van der Waals surface area (Å²) in [6, 6.07) is 11.3. The molecule has 1 aliphatic rings. The largest absolute Gasteiger partial charge is 0.326 e. The number of hydrogen-bond donors (Lipinski definition) is 2. The molecule has 0 saturated heterocycles. The zero-order chi connectivity index (χ0) is 19.3. The van der Waals surface area contributed by atoms with Crippen LogP contribution in [0, 0.1) is 11.8 Å². The number of hydrogen-bond acceptors (Lipinski definition) is 4. The van der Waals surface area contributed by atoms with Gasteiger partial charge >= 0.3 is 0 Å². The lowest BCUT2D eigenvalue weighted by Gasteiger charge is -2.27. The minimum absolute atomic E-state index is 0.000403. The average Bonchev–Trinajstić information content (AvgIpc) is 3.23. The molecular formula is C20H26N2O3S2. The maximum absolute atomic E-state index is 12.5. The molecule has 1 saturated carbocycles. The monoisotopic (exact) mass is 406 g/mol. The number of thiophene rings is 1. The van der Waals surface area contributed by atoms with Gasteiger partial charge in [-0.05, 0) is 67.2 Å². The van der Waals surface area contributed by atoms with E-state index in [1.807, 2.05) is 18.2 Å². The third-order valence-electron chi connectivity index (χ3n) is 5.14. The second-order valence-electron chi connectivity index (χ2n) is 7.04. The number of carbonyl (C=O) groups excluding carboxylic acids is 1. The maximum Gasteiger partial charge on any atom is 0.250 e. The van der Waals surface area contributed by atoms with Gasteiger partial charge in [0.05, 0.1) is 0 Å². The van der Waals surface area contributed by atoms with Crippen molar-refractivity contribution in [3.05, 3.63) is 47.3 Å². The van der Waals surface area contributed by atoms with E-state index in [-0.39, 0.29) is 17.7 Å². The molecule has 27 heavy (non-hydrogen) atoms. The highest BCUT2D eigenvalue weighted by atomic mass is 32.2. The molecule has 1 aromatic carbocycles. The highest BCUT2D eigenvalue weighted by Gasteiger charge is 2.27. The summed E-state index contributed by atoms with van der Waals surface area (Å²) < 4.78 is 27.5. The second kappa shape index (κ2) is 8.99. The Labute approximate surface area is 165 Å². The average molecular weight is 407 g/mol. The van der Waals surface area contributed by atoms with Crippen LogP contribution in [-0.4, -0.2) is 20.9 Å².